The Bertz CT molecular complexity index is 1030. The Morgan fingerprint density at radius 3 is 2.38 bits per heavy atom. The summed E-state index contributed by atoms with van der Waals surface area (Å²) in [5, 5.41) is 8.98. The van der Waals surface area contributed by atoms with Gasteiger partial charge < -0.3 is 20.7 Å². The molecule has 3 rings (SSSR count). The zero-order valence-corrected chi connectivity index (χ0v) is 18.3. The van der Waals surface area contributed by atoms with Crippen LogP contribution in [-0.2, 0) is 41.7 Å². The Hall–Kier alpha value is -4.25. The lowest BCUT2D eigenvalue weighted by molar-refractivity contribution is -0.149. The Morgan fingerprint density at radius 2 is 1.76 bits per heavy atom. The molecule has 1 atom stereocenters. The second kappa shape index (κ2) is 12.1. The number of nitrogens with one attached hydrogen (secondary N) is 4. The van der Waals surface area contributed by atoms with Gasteiger partial charge in [-0.3, -0.25) is 29.0 Å². The minimum Gasteiger partial charge on any atom is -0.463 e. The van der Waals surface area contributed by atoms with Crippen LogP contribution in [0.5, 0.6) is 0 Å². The van der Waals surface area contributed by atoms with Gasteiger partial charge in [0.05, 0.1) is 13.1 Å². The minimum atomic E-state index is -0.934. The molecule has 0 saturated carbocycles. The minimum absolute atomic E-state index is 0.129. The maximum absolute atomic E-state index is 12.8. The number of amides is 4. The second-order valence-corrected chi connectivity index (χ2v) is 7.49. The molecule has 4 N–H and O–H groups in total. The molecule has 0 aliphatic carbocycles. The molecule has 1 heterocycles. The number of hydrazine groups is 1. The molecule has 11 heteroatoms. The van der Waals surface area contributed by atoms with Gasteiger partial charge in [0.2, 0.25) is 17.7 Å². The third kappa shape index (κ3) is 7.41. The van der Waals surface area contributed by atoms with Crippen molar-refractivity contribution >= 4 is 35.8 Å². The van der Waals surface area contributed by atoms with Crippen LogP contribution in [0.3, 0.4) is 0 Å². The molecule has 0 spiro atoms. The normalized spacial score (nSPS) is 13.3. The molecule has 1 aliphatic rings. The first-order chi connectivity index (χ1) is 16.4. The van der Waals surface area contributed by atoms with Gasteiger partial charge in [0.15, 0.2) is 0 Å². The van der Waals surface area contributed by atoms with Crippen molar-refractivity contribution < 1.29 is 28.7 Å². The van der Waals surface area contributed by atoms with Gasteiger partial charge in [0.1, 0.15) is 19.2 Å². The molecule has 0 radical (unpaired) electrons. The van der Waals surface area contributed by atoms with Gasteiger partial charge in [0, 0.05) is 12.1 Å². The van der Waals surface area contributed by atoms with Crippen LogP contribution in [0, 0.1) is 0 Å². The van der Waals surface area contributed by atoms with E-state index in [1.807, 2.05) is 30.3 Å². The largest absolute Gasteiger partial charge is 0.463 e. The quantitative estimate of drug-likeness (QED) is 0.308. The highest BCUT2D eigenvalue weighted by atomic mass is 16.5. The summed E-state index contributed by atoms with van der Waals surface area (Å²) >= 11 is 0. The predicted molar refractivity (Wildman–Crippen MR) is 121 cm³/mol. The Labute approximate surface area is 195 Å². The van der Waals surface area contributed by atoms with Crippen LogP contribution in [0.1, 0.15) is 11.1 Å². The number of ether oxygens (including phenoxy) is 1. The van der Waals surface area contributed by atoms with Crippen LogP contribution in [0.4, 0.5) is 5.69 Å². The average molecular weight is 467 g/mol. The smallest absolute Gasteiger partial charge is 0.293 e. The Kier molecular flexibility index (Phi) is 8.69. The van der Waals surface area contributed by atoms with Crippen molar-refractivity contribution in [1.82, 2.24) is 21.1 Å². The van der Waals surface area contributed by atoms with Crippen LogP contribution >= 0.6 is 0 Å². The number of benzene rings is 2. The summed E-state index contributed by atoms with van der Waals surface area (Å²) in [6.45, 7) is 0.136. The zero-order valence-electron chi connectivity index (χ0n) is 18.3. The summed E-state index contributed by atoms with van der Waals surface area (Å²) in [5.74, 6) is -1.69. The van der Waals surface area contributed by atoms with E-state index in [-0.39, 0.29) is 38.6 Å². The fourth-order valence-corrected chi connectivity index (χ4v) is 3.15. The molecule has 2 aromatic rings. The van der Waals surface area contributed by atoms with Crippen molar-refractivity contribution in [2.75, 3.05) is 25.0 Å². The van der Waals surface area contributed by atoms with Crippen LogP contribution in [0.25, 0.3) is 0 Å². The van der Waals surface area contributed by atoms with Crippen molar-refractivity contribution in [3.8, 4) is 0 Å². The van der Waals surface area contributed by atoms with E-state index in [4.69, 9.17) is 0 Å². The van der Waals surface area contributed by atoms with Gasteiger partial charge in [-0.05, 0) is 23.3 Å². The van der Waals surface area contributed by atoms with Crippen molar-refractivity contribution in [3.05, 3.63) is 65.7 Å². The van der Waals surface area contributed by atoms with Crippen LogP contribution in [-0.4, -0.2) is 60.8 Å². The first kappa shape index (κ1) is 24.4. The van der Waals surface area contributed by atoms with E-state index in [9.17, 15) is 24.0 Å². The average Bonchev–Trinajstić information content (AvgIpc) is 2.84. The third-order valence-corrected chi connectivity index (χ3v) is 4.94. The highest BCUT2D eigenvalue weighted by Crippen LogP contribution is 2.10. The van der Waals surface area contributed by atoms with Crippen molar-refractivity contribution in [1.29, 1.82) is 0 Å². The fraction of sp³-hybridized carbons (Fsp3) is 0.261. The van der Waals surface area contributed by atoms with E-state index < -0.39 is 23.8 Å². The van der Waals surface area contributed by atoms with E-state index in [0.717, 1.165) is 16.1 Å². The summed E-state index contributed by atoms with van der Waals surface area (Å²) in [5.41, 5.74) is 4.79. The molecule has 2 aromatic carbocycles. The molecule has 1 aliphatic heterocycles. The number of anilines is 1. The van der Waals surface area contributed by atoms with Gasteiger partial charge in [-0.15, -0.1) is 0 Å². The van der Waals surface area contributed by atoms with Crippen molar-refractivity contribution in [2.45, 2.75) is 19.1 Å². The standard InChI is InChI=1S/C23H25N5O6/c29-15-34-14-17-6-8-18(9-7-17)26-20(30)11-24-23(33)19(10-16-4-2-1-3-5-16)27-21(31)13-28-22(32)12-25-28/h1-9,15,19,25H,10-14H2,(H,24,33)(H,26,30)(H,27,31)/t19-/m0/s1. The summed E-state index contributed by atoms with van der Waals surface area (Å²) in [6.07, 6.45) is 0.214. The van der Waals surface area contributed by atoms with E-state index in [2.05, 4.69) is 26.1 Å². The fourth-order valence-electron chi connectivity index (χ4n) is 3.15. The van der Waals surface area contributed by atoms with Crippen LogP contribution in [0.2, 0.25) is 0 Å². The van der Waals surface area contributed by atoms with Gasteiger partial charge in [-0.1, -0.05) is 42.5 Å². The second-order valence-electron chi connectivity index (χ2n) is 7.49. The number of hydrogen-bond acceptors (Lipinski definition) is 7. The lowest BCUT2D eigenvalue weighted by Crippen LogP contribution is -2.62. The van der Waals surface area contributed by atoms with Crippen LogP contribution in [0.15, 0.2) is 54.6 Å². The maximum Gasteiger partial charge on any atom is 0.293 e. The highest BCUT2D eigenvalue weighted by molar-refractivity contribution is 5.96. The van der Waals surface area contributed by atoms with Crippen molar-refractivity contribution in [2.24, 2.45) is 0 Å². The molecule has 11 nitrogen and oxygen atoms in total. The van der Waals surface area contributed by atoms with E-state index in [0.29, 0.717) is 12.2 Å². The summed E-state index contributed by atoms with van der Waals surface area (Å²) in [4.78, 5) is 59.0. The zero-order chi connectivity index (χ0) is 24.3. The van der Waals surface area contributed by atoms with E-state index in [1.54, 1.807) is 24.3 Å². The van der Waals surface area contributed by atoms with Crippen LogP contribution < -0.4 is 21.4 Å². The number of hydrogen-bond donors (Lipinski definition) is 4. The lowest BCUT2D eigenvalue weighted by Gasteiger charge is -2.31. The number of rotatable bonds is 12. The topological polar surface area (TPSA) is 146 Å². The SMILES string of the molecule is O=COCc1ccc(NC(=O)CNC(=O)[C@H](Cc2ccccc2)NC(=O)CN2NCC2=O)cc1. The molecule has 4 amide bonds. The van der Waals surface area contributed by atoms with Gasteiger partial charge in [-0.2, -0.15) is 0 Å². The maximum atomic E-state index is 12.8. The summed E-state index contributed by atoms with van der Waals surface area (Å²) in [6, 6.07) is 14.9. The molecular weight excluding hydrogens is 442 g/mol. The number of carbonyl (C=O) groups is 5. The van der Waals surface area contributed by atoms with Gasteiger partial charge >= 0.3 is 0 Å². The predicted octanol–water partition coefficient (Wildman–Crippen LogP) is -0.511. The highest BCUT2D eigenvalue weighted by Gasteiger charge is 2.28. The first-order valence-electron chi connectivity index (χ1n) is 10.5. The molecule has 1 saturated heterocycles. The van der Waals surface area contributed by atoms with Crippen molar-refractivity contribution in [3.63, 3.8) is 0 Å². The van der Waals surface area contributed by atoms with E-state index >= 15 is 0 Å². The van der Waals surface area contributed by atoms with Gasteiger partial charge in [0.25, 0.3) is 12.4 Å². The lowest BCUT2D eigenvalue weighted by atomic mass is 10.1. The van der Waals surface area contributed by atoms with E-state index in [1.165, 1.54) is 0 Å². The number of carbonyl (C=O) groups excluding carboxylic acids is 5. The number of nitrogens with zero attached hydrogens (tertiary/aromatic N) is 1. The molecule has 0 aromatic heterocycles. The molecule has 0 bridgehead atoms. The molecule has 34 heavy (non-hydrogen) atoms. The molecular formula is C23H25N5O6. The van der Waals surface area contributed by atoms with Gasteiger partial charge in [-0.25, -0.2) is 5.43 Å². The molecule has 0 unspecified atom stereocenters. The molecule has 1 fully saturated rings. The third-order valence-electron chi connectivity index (χ3n) is 4.94. The monoisotopic (exact) mass is 467 g/mol. The summed E-state index contributed by atoms with van der Waals surface area (Å²) < 4.78 is 4.67. The Balaban J connectivity index is 1.53. The molecule has 178 valence electrons. The Morgan fingerprint density at radius 1 is 1.03 bits per heavy atom. The summed E-state index contributed by atoms with van der Waals surface area (Å²) in [7, 11) is 0. The first-order valence-corrected chi connectivity index (χ1v) is 10.5.